The van der Waals surface area contributed by atoms with Crippen LogP contribution in [-0.2, 0) is 4.79 Å². The van der Waals surface area contributed by atoms with Crippen LogP contribution < -0.4 is 14.8 Å². The van der Waals surface area contributed by atoms with Crippen LogP contribution in [-0.4, -0.2) is 42.1 Å². The lowest BCUT2D eigenvalue weighted by atomic mass is 10.2. The zero-order valence-corrected chi connectivity index (χ0v) is 13.8. The maximum Gasteiger partial charge on any atom is 0.237 e. The molecule has 21 heavy (non-hydrogen) atoms. The zero-order chi connectivity index (χ0) is 15.2. The summed E-state index contributed by atoms with van der Waals surface area (Å²) in [6.07, 6.45) is 0. The van der Waals surface area contributed by atoms with Gasteiger partial charge in [0.25, 0.3) is 0 Å². The number of anilines is 1. The predicted octanol–water partition coefficient (Wildman–Crippen LogP) is 2.87. The molecule has 0 saturated heterocycles. The Bertz CT molecular complexity index is 549. The van der Waals surface area contributed by atoms with Crippen molar-refractivity contribution in [1.82, 2.24) is 0 Å². The van der Waals surface area contributed by atoms with E-state index < -0.39 is 0 Å². The van der Waals surface area contributed by atoms with Crippen LogP contribution >= 0.6 is 23.5 Å². The van der Waals surface area contributed by atoms with Crippen molar-refractivity contribution in [3.8, 4) is 11.5 Å². The van der Waals surface area contributed by atoms with Gasteiger partial charge >= 0.3 is 0 Å². The first-order chi connectivity index (χ1) is 10.1. The highest BCUT2D eigenvalue weighted by molar-refractivity contribution is 8.39. The number of carbonyl (C=O) groups is 1. The molecule has 1 aliphatic heterocycles. The summed E-state index contributed by atoms with van der Waals surface area (Å²) in [4.78, 5) is 16.6. The molecule has 114 valence electrons. The molecule has 1 unspecified atom stereocenters. The summed E-state index contributed by atoms with van der Waals surface area (Å²) in [6.45, 7) is 2.71. The number of benzene rings is 1. The van der Waals surface area contributed by atoms with Gasteiger partial charge in [-0.1, -0.05) is 23.5 Å². The third kappa shape index (κ3) is 4.31. The fraction of sp³-hybridized carbons (Fsp3) is 0.429. The summed E-state index contributed by atoms with van der Waals surface area (Å²) in [7, 11) is 3.15. The number of ether oxygens (including phenoxy) is 2. The number of nitrogens with one attached hydrogen (secondary N) is 1. The minimum atomic E-state index is -0.217. The third-order valence-electron chi connectivity index (χ3n) is 2.87. The number of methoxy groups -OCH3 is 2. The van der Waals surface area contributed by atoms with Crippen LogP contribution in [0.5, 0.6) is 11.5 Å². The summed E-state index contributed by atoms with van der Waals surface area (Å²) < 4.78 is 11.4. The summed E-state index contributed by atoms with van der Waals surface area (Å²) in [5, 5.41) is 2.66. The second-order valence-electron chi connectivity index (χ2n) is 4.31. The maximum absolute atomic E-state index is 12.3. The van der Waals surface area contributed by atoms with Crippen molar-refractivity contribution in [3.05, 3.63) is 18.2 Å². The van der Waals surface area contributed by atoms with E-state index in [9.17, 15) is 4.79 Å². The van der Waals surface area contributed by atoms with Crippen LogP contribution in [0, 0.1) is 0 Å². The van der Waals surface area contributed by atoms with E-state index in [2.05, 4.69) is 10.3 Å². The van der Waals surface area contributed by atoms with E-state index in [1.54, 1.807) is 44.2 Å². The van der Waals surface area contributed by atoms with Crippen LogP contribution in [0.4, 0.5) is 5.69 Å². The largest absolute Gasteiger partial charge is 0.497 e. The molecule has 0 saturated carbocycles. The third-order valence-corrected chi connectivity index (χ3v) is 5.17. The van der Waals surface area contributed by atoms with E-state index in [4.69, 9.17) is 9.47 Å². The molecule has 0 bridgehead atoms. The summed E-state index contributed by atoms with van der Waals surface area (Å²) in [5.41, 5.74) is 0.607. The molecule has 1 heterocycles. The molecule has 1 atom stereocenters. The Hall–Kier alpha value is -1.34. The van der Waals surface area contributed by atoms with Crippen molar-refractivity contribution in [1.29, 1.82) is 0 Å². The highest BCUT2D eigenvalue weighted by atomic mass is 32.2. The van der Waals surface area contributed by atoms with Gasteiger partial charge in [0.05, 0.1) is 31.7 Å². The van der Waals surface area contributed by atoms with Crippen LogP contribution in [0.3, 0.4) is 0 Å². The SMILES string of the molecule is COc1ccc(OC)c(NC(=O)C(C)SC2=NCCS2)c1. The average molecular weight is 326 g/mol. The van der Waals surface area contributed by atoms with Gasteiger partial charge in [-0.05, 0) is 19.1 Å². The standard InChI is InChI=1S/C14H18N2O3S2/c1-9(21-14-15-6-7-20-14)13(17)16-11-8-10(18-2)4-5-12(11)19-3/h4-5,8-9H,6-7H2,1-3H3,(H,16,17). The molecule has 5 nitrogen and oxygen atoms in total. The van der Waals surface area contributed by atoms with Gasteiger partial charge in [-0.15, -0.1) is 0 Å². The number of hydrogen-bond acceptors (Lipinski definition) is 6. The quantitative estimate of drug-likeness (QED) is 0.901. The fourth-order valence-electron chi connectivity index (χ4n) is 1.74. The van der Waals surface area contributed by atoms with Gasteiger partial charge in [0, 0.05) is 11.8 Å². The number of rotatable bonds is 5. The Balaban J connectivity index is 2.03. The van der Waals surface area contributed by atoms with Crippen LogP contribution in [0.2, 0.25) is 0 Å². The van der Waals surface area contributed by atoms with E-state index in [1.165, 1.54) is 11.8 Å². The first kappa shape index (κ1) is 16.0. The number of hydrogen-bond donors (Lipinski definition) is 1. The normalized spacial score (nSPS) is 15.3. The first-order valence-electron chi connectivity index (χ1n) is 6.51. The molecule has 1 amide bonds. The fourth-order valence-corrected chi connectivity index (χ4v) is 3.87. The summed E-state index contributed by atoms with van der Waals surface area (Å²) >= 11 is 3.18. The molecule has 0 fully saturated rings. The van der Waals surface area contributed by atoms with Crippen molar-refractivity contribution < 1.29 is 14.3 Å². The summed E-state index contributed by atoms with van der Waals surface area (Å²) in [6, 6.07) is 5.30. The minimum Gasteiger partial charge on any atom is -0.497 e. The first-order valence-corrected chi connectivity index (χ1v) is 8.37. The Morgan fingerprint density at radius 1 is 1.43 bits per heavy atom. The minimum absolute atomic E-state index is 0.0817. The Kier molecular flexibility index (Phi) is 5.81. The molecule has 7 heteroatoms. The van der Waals surface area contributed by atoms with Gasteiger partial charge < -0.3 is 14.8 Å². The van der Waals surface area contributed by atoms with Gasteiger partial charge in [0.1, 0.15) is 15.9 Å². The van der Waals surface area contributed by atoms with Crippen molar-refractivity contribution in [2.24, 2.45) is 4.99 Å². The van der Waals surface area contributed by atoms with Gasteiger partial charge in [-0.25, -0.2) is 0 Å². The Morgan fingerprint density at radius 2 is 2.24 bits per heavy atom. The number of amides is 1. The molecule has 1 aromatic rings. The van der Waals surface area contributed by atoms with Gasteiger partial charge in [0.2, 0.25) is 5.91 Å². The Labute approximate surface area is 132 Å². The lowest BCUT2D eigenvalue weighted by molar-refractivity contribution is -0.115. The second-order valence-corrected chi connectivity index (χ2v) is 6.98. The van der Waals surface area contributed by atoms with E-state index >= 15 is 0 Å². The van der Waals surface area contributed by atoms with E-state index in [0.717, 1.165) is 16.7 Å². The van der Waals surface area contributed by atoms with Crippen molar-refractivity contribution in [3.63, 3.8) is 0 Å². The highest BCUT2D eigenvalue weighted by Crippen LogP contribution is 2.31. The van der Waals surface area contributed by atoms with Crippen LogP contribution in [0.1, 0.15) is 6.92 Å². The van der Waals surface area contributed by atoms with E-state index in [1.807, 2.05) is 6.92 Å². The lowest BCUT2D eigenvalue weighted by Crippen LogP contribution is -2.23. The molecule has 0 spiro atoms. The summed E-state index contributed by atoms with van der Waals surface area (Å²) in [5.74, 6) is 2.19. The molecule has 1 aromatic carbocycles. The monoisotopic (exact) mass is 326 g/mol. The number of carbonyl (C=O) groups excluding carboxylic acids is 1. The van der Waals surface area contributed by atoms with Crippen molar-refractivity contribution in [2.75, 3.05) is 31.8 Å². The maximum atomic E-state index is 12.3. The van der Waals surface area contributed by atoms with Gasteiger partial charge in [0.15, 0.2) is 0 Å². The predicted molar refractivity (Wildman–Crippen MR) is 90.0 cm³/mol. The molecule has 0 aromatic heterocycles. The molecular formula is C14H18N2O3S2. The molecule has 2 rings (SSSR count). The highest BCUT2D eigenvalue weighted by Gasteiger charge is 2.20. The lowest BCUT2D eigenvalue weighted by Gasteiger charge is -2.14. The van der Waals surface area contributed by atoms with Crippen LogP contribution in [0.15, 0.2) is 23.2 Å². The average Bonchev–Trinajstić information content (AvgIpc) is 2.99. The van der Waals surface area contributed by atoms with Crippen molar-refractivity contribution >= 4 is 39.5 Å². The Morgan fingerprint density at radius 3 is 2.86 bits per heavy atom. The number of nitrogens with zero attached hydrogens (tertiary/aromatic N) is 1. The molecule has 1 aliphatic rings. The topological polar surface area (TPSA) is 59.9 Å². The second kappa shape index (κ2) is 7.61. The molecule has 0 aliphatic carbocycles. The van der Waals surface area contributed by atoms with Crippen molar-refractivity contribution in [2.45, 2.75) is 12.2 Å². The molecule has 1 N–H and O–H groups in total. The van der Waals surface area contributed by atoms with Gasteiger partial charge in [-0.3, -0.25) is 9.79 Å². The van der Waals surface area contributed by atoms with Gasteiger partial charge in [-0.2, -0.15) is 0 Å². The number of thioether (sulfide) groups is 2. The smallest absolute Gasteiger partial charge is 0.237 e. The van der Waals surface area contributed by atoms with E-state index in [0.29, 0.717) is 17.2 Å². The van der Waals surface area contributed by atoms with E-state index in [-0.39, 0.29) is 11.2 Å². The van der Waals surface area contributed by atoms with Crippen LogP contribution in [0.25, 0.3) is 0 Å². The zero-order valence-electron chi connectivity index (χ0n) is 12.2. The molecule has 0 radical (unpaired) electrons. The molecular weight excluding hydrogens is 308 g/mol. The number of aliphatic imine (C=N–C) groups is 1.